The largest absolute Gasteiger partial charge is 0.494 e. The second-order valence-electron chi connectivity index (χ2n) is 19.3. The van der Waals surface area contributed by atoms with Gasteiger partial charge in [0.05, 0.1) is 13.2 Å². The highest BCUT2D eigenvalue weighted by Crippen LogP contribution is 2.67. The van der Waals surface area contributed by atoms with Crippen LogP contribution in [0.4, 0.5) is 0 Å². The van der Waals surface area contributed by atoms with E-state index in [0.29, 0.717) is 18.4 Å². The van der Waals surface area contributed by atoms with Crippen molar-refractivity contribution in [3.8, 4) is 22.6 Å². The molecular formula is C51H76O4. The molecule has 4 heteroatoms. The van der Waals surface area contributed by atoms with E-state index in [-0.39, 0.29) is 17.5 Å². The van der Waals surface area contributed by atoms with Gasteiger partial charge < -0.3 is 14.2 Å². The van der Waals surface area contributed by atoms with E-state index in [1.54, 1.807) is 5.57 Å². The Morgan fingerprint density at radius 2 is 1.38 bits per heavy atom. The topological polar surface area (TPSA) is 44.8 Å². The molecule has 0 aromatic heterocycles. The highest BCUT2D eigenvalue weighted by Gasteiger charge is 2.59. The molecule has 3 saturated carbocycles. The van der Waals surface area contributed by atoms with Gasteiger partial charge in [0, 0.05) is 12.8 Å². The number of fused-ring (bicyclic) bond motifs is 5. The Balaban J connectivity index is 0.887. The Morgan fingerprint density at radius 3 is 2.04 bits per heavy atom. The molecule has 6 rings (SSSR count). The Bertz CT molecular complexity index is 1510. The number of hydrogen-bond acceptors (Lipinski definition) is 4. The molecule has 4 aliphatic carbocycles. The van der Waals surface area contributed by atoms with E-state index in [1.807, 2.05) is 12.1 Å². The van der Waals surface area contributed by atoms with Gasteiger partial charge in [-0.15, -0.1) is 0 Å². The van der Waals surface area contributed by atoms with E-state index in [9.17, 15) is 4.79 Å². The summed E-state index contributed by atoms with van der Waals surface area (Å²) in [5, 5.41) is 0. The fraction of sp³-hybridized carbons (Fsp3) is 0.706. The van der Waals surface area contributed by atoms with Crippen LogP contribution in [0.25, 0.3) is 11.1 Å². The molecule has 2 aromatic carbocycles. The van der Waals surface area contributed by atoms with Crippen LogP contribution >= 0.6 is 0 Å². The maximum absolute atomic E-state index is 13.0. The Labute approximate surface area is 336 Å². The quantitative estimate of drug-likeness (QED) is 0.0767. The van der Waals surface area contributed by atoms with Crippen molar-refractivity contribution in [2.24, 2.45) is 46.3 Å². The van der Waals surface area contributed by atoms with Crippen molar-refractivity contribution in [3.63, 3.8) is 0 Å². The van der Waals surface area contributed by atoms with E-state index in [1.165, 1.54) is 89.0 Å². The average molecular weight is 753 g/mol. The van der Waals surface area contributed by atoms with Gasteiger partial charge in [-0.1, -0.05) is 122 Å². The SMILES string of the molecule is CCCCCCCOc1ccc(-c2ccc(OCCCCC(=O)O[C@H]3CC[C@@]4(C)C(=CC[C@H]5[C@@H]6CC[C@H]([C@H](C)CCCC(C)C)[C@@]6(C)CC[C@@H]54)C3)cc2)cc1. The number of carbonyl (C=O) groups is 1. The zero-order valence-corrected chi connectivity index (χ0v) is 35.7. The first-order valence-electron chi connectivity index (χ1n) is 23.0. The Hall–Kier alpha value is -2.75. The third-order valence-corrected chi connectivity index (χ3v) is 15.2. The van der Waals surface area contributed by atoms with Gasteiger partial charge in [0.15, 0.2) is 0 Å². The van der Waals surface area contributed by atoms with Gasteiger partial charge in [-0.3, -0.25) is 4.79 Å². The Kier molecular flexibility index (Phi) is 14.9. The number of carbonyl (C=O) groups excluding carboxylic acids is 1. The summed E-state index contributed by atoms with van der Waals surface area (Å²) in [4.78, 5) is 13.0. The predicted molar refractivity (Wildman–Crippen MR) is 228 cm³/mol. The van der Waals surface area contributed by atoms with Crippen LogP contribution in [-0.2, 0) is 9.53 Å². The van der Waals surface area contributed by atoms with Crippen LogP contribution in [0.2, 0.25) is 0 Å². The van der Waals surface area contributed by atoms with Gasteiger partial charge in [0.2, 0.25) is 0 Å². The van der Waals surface area contributed by atoms with Gasteiger partial charge in [-0.2, -0.15) is 0 Å². The summed E-state index contributed by atoms with van der Waals surface area (Å²) >= 11 is 0. The lowest BCUT2D eigenvalue weighted by Gasteiger charge is -2.58. The van der Waals surface area contributed by atoms with Crippen LogP contribution < -0.4 is 9.47 Å². The molecule has 0 amide bonds. The van der Waals surface area contributed by atoms with Crippen molar-refractivity contribution in [3.05, 3.63) is 60.2 Å². The maximum Gasteiger partial charge on any atom is 0.306 e. The van der Waals surface area contributed by atoms with E-state index in [2.05, 4.69) is 84.0 Å². The summed E-state index contributed by atoms with van der Waals surface area (Å²) in [5.41, 5.74) is 4.75. The lowest BCUT2D eigenvalue weighted by Crippen LogP contribution is -2.51. The zero-order chi connectivity index (χ0) is 38.8. The fourth-order valence-electron chi connectivity index (χ4n) is 11.9. The van der Waals surface area contributed by atoms with E-state index in [0.717, 1.165) is 91.3 Å². The van der Waals surface area contributed by atoms with Crippen LogP contribution in [0.1, 0.15) is 164 Å². The van der Waals surface area contributed by atoms with Gasteiger partial charge >= 0.3 is 5.97 Å². The molecule has 0 spiro atoms. The number of hydrogen-bond donors (Lipinski definition) is 0. The molecule has 0 heterocycles. The monoisotopic (exact) mass is 753 g/mol. The first-order chi connectivity index (χ1) is 26.6. The number of benzene rings is 2. The third-order valence-electron chi connectivity index (χ3n) is 15.2. The van der Waals surface area contributed by atoms with Crippen molar-refractivity contribution >= 4 is 5.97 Å². The minimum atomic E-state index is -0.0384. The number of esters is 1. The average Bonchev–Trinajstić information content (AvgIpc) is 3.54. The van der Waals surface area contributed by atoms with E-state index >= 15 is 0 Å². The highest BCUT2D eigenvalue weighted by atomic mass is 16.5. The smallest absolute Gasteiger partial charge is 0.306 e. The molecule has 304 valence electrons. The van der Waals surface area contributed by atoms with Gasteiger partial charge in [0.1, 0.15) is 17.6 Å². The van der Waals surface area contributed by atoms with E-state index in [4.69, 9.17) is 14.2 Å². The van der Waals surface area contributed by atoms with Crippen molar-refractivity contribution in [1.82, 2.24) is 0 Å². The number of unbranched alkanes of at least 4 members (excludes halogenated alkanes) is 5. The molecule has 0 aliphatic heterocycles. The summed E-state index contributed by atoms with van der Waals surface area (Å²) < 4.78 is 18.1. The summed E-state index contributed by atoms with van der Waals surface area (Å²) in [6.45, 7) is 16.2. The molecule has 8 atom stereocenters. The molecule has 4 nitrogen and oxygen atoms in total. The maximum atomic E-state index is 13.0. The normalized spacial score (nSPS) is 29.1. The van der Waals surface area contributed by atoms with Crippen LogP contribution in [0.5, 0.6) is 11.5 Å². The van der Waals surface area contributed by atoms with Crippen molar-refractivity contribution in [2.45, 2.75) is 170 Å². The van der Waals surface area contributed by atoms with Crippen LogP contribution in [-0.4, -0.2) is 25.3 Å². The number of allylic oxidation sites excluding steroid dienone is 1. The van der Waals surface area contributed by atoms with Crippen molar-refractivity contribution < 1.29 is 19.0 Å². The molecule has 0 saturated heterocycles. The third kappa shape index (κ3) is 10.4. The minimum absolute atomic E-state index is 0.0384. The molecule has 2 aromatic rings. The second-order valence-corrected chi connectivity index (χ2v) is 19.3. The van der Waals surface area contributed by atoms with Crippen molar-refractivity contribution in [1.29, 1.82) is 0 Å². The van der Waals surface area contributed by atoms with E-state index < -0.39 is 0 Å². The predicted octanol–water partition coefficient (Wildman–Crippen LogP) is 14.2. The molecule has 0 unspecified atom stereocenters. The summed E-state index contributed by atoms with van der Waals surface area (Å²) in [5.74, 6) is 6.87. The van der Waals surface area contributed by atoms with Crippen LogP contribution in [0.3, 0.4) is 0 Å². The molecule has 55 heavy (non-hydrogen) atoms. The minimum Gasteiger partial charge on any atom is -0.494 e. The van der Waals surface area contributed by atoms with Crippen LogP contribution in [0.15, 0.2) is 60.2 Å². The number of ether oxygens (including phenoxy) is 3. The van der Waals surface area contributed by atoms with Gasteiger partial charge in [-0.25, -0.2) is 0 Å². The standard InChI is InChI=1S/C51H76O4/c1-7-8-9-10-12-34-53-42-23-18-39(19-24-42)40-20-25-43(26-21-40)54-35-13-11-17-49(52)55-44-30-32-50(5)41(36-44)22-27-45-47-29-28-46(38(4)16-14-15-37(2)3)51(47,6)33-31-48(45)50/h18-26,37-38,44-48H,7-17,27-36H2,1-6H3/t38-,44+,45+,46-,47+,48+,50+,51-/m1/s1. The zero-order valence-electron chi connectivity index (χ0n) is 35.7. The van der Waals surface area contributed by atoms with Gasteiger partial charge in [-0.05, 0) is 146 Å². The highest BCUT2D eigenvalue weighted by molar-refractivity contribution is 5.69. The summed E-state index contributed by atoms with van der Waals surface area (Å²) in [6.07, 6.45) is 25.3. The lowest BCUT2D eigenvalue weighted by atomic mass is 9.47. The van der Waals surface area contributed by atoms with Gasteiger partial charge in [0.25, 0.3) is 0 Å². The lowest BCUT2D eigenvalue weighted by molar-refractivity contribution is -0.151. The molecule has 0 bridgehead atoms. The summed E-state index contributed by atoms with van der Waals surface area (Å²) in [7, 11) is 0. The fourth-order valence-corrected chi connectivity index (χ4v) is 11.9. The second kappa shape index (κ2) is 19.6. The first-order valence-corrected chi connectivity index (χ1v) is 23.0. The molecule has 0 radical (unpaired) electrons. The summed E-state index contributed by atoms with van der Waals surface area (Å²) in [6, 6.07) is 16.7. The van der Waals surface area contributed by atoms with Crippen molar-refractivity contribution in [2.75, 3.05) is 13.2 Å². The van der Waals surface area contributed by atoms with Crippen LogP contribution in [0, 0.1) is 46.3 Å². The first kappa shape index (κ1) is 41.9. The molecule has 0 N–H and O–H groups in total. The molecular weight excluding hydrogens is 677 g/mol. The number of rotatable bonds is 20. The molecule has 3 fully saturated rings. The Morgan fingerprint density at radius 1 is 0.727 bits per heavy atom. The molecule has 4 aliphatic rings.